The molecule has 0 amide bonds. The molecule has 4 aromatic carbocycles. The lowest BCUT2D eigenvalue weighted by Crippen LogP contribution is -2.30. The number of hydrogen-bond acceptors (Lipinski definition) is 2. The highest BCUT2D eigenvalue weighted by Crippen LogP contribution is 2.35. The fourth-order valence-corrected chi connectivity index (χ4v) is 4.59. The number of fused-ring (bicyclic) bond motifs is 3. The number of benzene rings is 4. The molecule has 1 N–H and O–H groups in total. The Bertz CT molecular complexity index is 1390. The Hall–Kier alpha value is -4.05. The fourth-order valence-electron chi connectivity index (χ4n) is 4.59. The molecule has 0 aliphatic carbocycles. The second-order valence-corrected chi connectivity index (χ2v) is 8.41. The predicted octanol–water partition coefficient (Wildman–Crippen LogP) is 6.48. The average Bonchev–Trinajstić information content (AvgIpc) is 3.15. The standard InChI is InChI=1S/C29H25NO3/c1-19-16-22(30-25-14-8-6-12-23(25)24-13-7-9-15-26(24)30)17-20(2)28(19)33-27(29(31)32)18-21-10-4-3-5-11-21/h3-17,27H,18H2,1-2H3,(H,31,32). The van der Waals surface area contributed by atoms with Crippen LogP contribution in [0, 0.1) is 13.8 Å². The number of carboxylic acids is 1. The van der Waals surface area contributed by atoms with Gasteiger partial charge in [0.15, 0.2) is 6.10 Å². The average molecular weight is 436 g/mol. The van der Waals surface area contributed by atoms with E-state index >= 15 is 0 Å². The van der Waals surface area contributed by atoms with Gasteiger partial charge in [-0.3, -0.25) is 0 Å². The second kappa shape index (κ2) is 8.47. The molecule has 1 atom stereocenters. The van der Waals surface area contributed by atoms with Gasteiger partial charge in [-0.15, -0.1) is 0 Å². The fraction of sp³-hybridized carbons (Fsp3) is 0.138. The molecule has 0 saturated carbocycles. The van der Waals surface area contributed by atoms with Gasteiger partial charge in [0.25, 0.3) is 0 Å². The lowest BCUT2D eigenvalue weighted by Gasteiger charge is -2.20. The quantitative estimate of drug-likeness (QED) is 0.332. The van der Waals surface area contributed by atoms with E-state index in [2.05, 4.69) is 65.2 Å². The Labute approximate surface area is 192 Å². The van der Waals surface area contributed by atoms with Crippen LogP contribution in [0.15, 0.2) is 91.0 Å². The van der Waals surface area contributed by atoms with Gasteiger partial charge in [-0.2, -0.15) is 0 Å². The molecule has 164 valence electrons. The van der Waals surface area contributed by atoms with E-state index in [0.29, 0.717) is 12.2 Å². The third kappa shape index (κ3) is 3.85. The van der Waals surface area contributed by atoms with Crippen molar-refractivity contribution in [3.05, 3.63) is 108 Å². The maximum atomic E-state index is 11.9. The van der Waals surface area contributed by atoms with E-state index in [4.69, 9.17) is 4.74 Å². The molecule has 5 rings (SSSR count). The number of aryl methyl sites for hydroxylation is 2. The summed E-state index contributed by atoms with van der Waals surface area (Å²) in [5.41, 5.74) is 6.06. The molecule has 0 aliphatic heterocycles. The van der Waals surface area contributed by atoms with Gasteiger partial charge >= 0.3 is 5.97 Å². The number of para-hydroxylation sites is 2. The number of aliphatic carboxylic acids is 1. The number of aromatic nitrogens is 1. The van der Waals surface area contributed by atoms with Crippen LogP contribution in [0.25, 0.3) is 27.5 Å². The Kier molecular flexibility index (Phi) is 5.35. The van der Waals surface area contributed by atoms with Crippen molar-refractivity contribution in [3.8, 4) is 11.4 Å². The molecule has 0 radical (unpaired) electrons. The molecule has 1 unspecified atom stereocenters. The van der Waals surface area contributed by atoms with Gasteiger partial charge in [-0.05, 0) is 54.8 Å². The molecule has 0 bridgehead atoms. The zero-order chi connectivity index (χ0) is 22.9. The summed E-state index contributed by atoms with van der Waals surface area (Å²) in [4.78, 5) is 11.9. The van der Waals surface area contributed by atoms with Gasteiger partial charge in [-0.1, -0.05) is 66.7 Å². The maximum absolute atomic E-state index is 11.9. The minimum absolute atomic E-state index is 0.309. The van der Waals surface area contributed by atoms with E-state index in [9.17, 15) is 9.90 Å². The number of hydrogen-bond donors (Lipinski definition) is 1. The summed E-state index contributed by atoms with van der Waals surface area (Å²) in [5, 5.41) is 12.2. The maximum Gasteiger partial charge on any atom is 0.345 e. The van der Waals surface area contributed by atoms with Crippen molar-refractivity contribution >= 4 is 27.8 Å². The summed E-state index contributed by atoms with van der Waals surface area (Å²) in [5.74, 6) is -0.341. The van der Waals surface area contributed by atoms with Gasteiger partial charge in [0.05, 0.1) is 11.0 Å². The largest absolute Gasteiger partial charge is 0.478 e. The lowest BCUT2D eigenvalue weighted by molar-refractivity contribution is -0.145. The molecule has 0 fully saturated rings. The highest BCUT2D eigenvalue weighted by molar-refractivity contribution is 6.09. The number of carboxylic acid groups (broad SMARTS) is 1. The Morgan fingerprint density at radius 3 is 1.88 bits per heavy atom. The summed E-state index contributed by atoms with van der Waals surface area (Å²) in [7, 11) is 0. The van der Waals surface area contributed by atoms with E-state index in [0.717, 1.165) is 33.4 Å². The van der Waals surface area contributed by atoms with E-state index < -0.39 is 12.1 Å². The molecule has 0 spiro atoms. The van der Waals surface area contributed by atoms with Gasteiger partial charge in [0.1, 0.15) is 5.75 Å². The molecule has 1 aromatic heterocycles. The summed E-state index contributed by atoms with van der Waals surface area (Å²) in [6.45, 7) is 3.95. The van der Waals surface area contributed by atoms with Crippen LogP contribution in [0.5, 0.6) is 5.75 Å². The first kappa shape index (κ1) is 20.8. The van der Waals surface area contributed by atoms with Crippen molar-refractivity contribution in [1.82, 2.24) is 4.57 Å². The van der Waals surface area contributed by atoms with Crippen molar-refractivity contribution in [2.75, 3.05) is 0 Å². The first-order valence-corrected chi connectivity index (χ1v) is 11.1. The van der Waals surface area contributed by atoms with Crippen molar-refractivity contribution in [2.45, 2.75) is 26.4 Å². The summed E-state index contributed by atoms with van der Waals surface area (Å²) >= 11 is 0. The topological polar surface area (TPSA) is 51.5 Å². The predicted molar refractivity (Wildman–Crippen MR) is 132 cm³/mol. The third-order valence-electron chi connectivity index (χ3n) is 6.08. The summed E-state index contributed by atoms with van der Waals surface area (Å²) < 4.78 is 8.34. The zero-order valence-electron chi connectivity index (χ0n) is 18.7. The minimum atomic E-state index is -0.968. The third-order valence-corrected chi connectivity index (χ3v) is 6.08. The first-order chi connectivity index (χ1) is 16.0. The van der Waals surface area contributed by atoms with Gasteiger partial charge in [0, 0.05) is 22.9 Å². The SMILES string of the molecule is Cc1cc(-n2c3ccccc3c3ccccc32)cc(C)c1OC(Cc1ccccc1)C(=O)O. The smallest absolute Gasteiger partial charge is 0.345 e. The zero-order valence-corrected chi connectivity index (χ0v) is 18.7. The molecule has 4 nitrogen and oxygen atoms in total. The van der Waals surface area contributed by atoms with Crippen molar-refractivity contribution in [1.29, 1.82) is 0 Å². The van der Waals surface area contributed by atoms with Crippen LogP contribution >= 0.6 is 0 Å². The molecule has 1 heterocycles. The van der Waals surface area contributed by atoms with Crippen LogP contribution in [0.4, 0.5) is 0 Å². The molecule has 0 aliphatic rings. The van der Waals surface area contributed by atoms with Gasteiger partial charge < -0.3 is 14.4 Å². The van der Waals surface area contributed by atoms with Crippen LogP contribution in [0.3, 0.4) is 0 Å². The van der Waals surface area contributed by atoms with Crippen LogP contribution in [0.2, 0.25) is 0 Å². The molecule has 4 heteroatoms. The van der Waals surface area contributed by atoms with Crippen LogP contribution in [-0.4, -0.2) is 21.7 Å². The highest BCUT2D eigenvalue weighted by Gasteiger charge is 2.22. The number of ether oxygens (including phenoxy) is 1. The Morgan fingerprint density at radius 2 is 1.33 bits per heavy atom. The van der Waals surface area contributed by atoms with Crippen molar-refractivity contribution in [3.63, 3.8) is 0 Å². The lowest BCUT2D eigenvalue weighted by atomic mass is 10.1. The number of rotatable bonds is 6. The van der Waals surface area contributed by atoms with Crippen LogP contribution in [-0.2, 0) is 11.2 Å². The van der Waals surface area contributed by atoms with Crippen molar-refractivity contribution in [2.24, 2.45) is 0 Å². The Morgan fingerprint density at radius 1 is 0.818 bits per heavy atom. The Balaban J connectivity index is 1.56. The second-order valence-electron chi connectivity index (χ2n) is 8.41. The molecular weight excluding hydrogens is 410 g/mol. The summed E-state index contributed by atoms with van der Waals surface area (Å²) in [6.07, 6.45) is -0.646. The van der Waals surface area contributed by atoms with E-state index in [1.54, 1.807) is 0 Å². The van der Waals surface area contributed by atoms with Gasteiger partial charge in [-0.25, -0.2) is 4.79 Å². The normalized spacial score (nSPS) is 12.2. The first-order valence-electron chi connectivity index (χ1n) is 11.1. The molecule has 5 aromatic rings. The number of nitrogens with zero attached hydrogens (tertiary/aromatic N) is 1. The van der Waals surface area contributed by atoms with Gasteiger partial charge in [0.2, 0.25) is 0 Å². The molecular formula is C29H25NO3. The van der Waals surface area contributed by atoms with E-state index in [-0.39, 0.29) is 0 Å². The molecule has 0 saturated heterocycles. The summed E-state index contributed by atoms with van der Waals surface area (Å²) in [6, 6.07) is 30.5. The van der Waals surface area contributed by atoms with Crippen molar-refractivity contribution < 1.29 is 14.6 Å². The minimum Gasteiger partial charge on any atom is -0.478 e. The van der Waals surface area contributed by atoms with Crippen LogP contribution < -0.4 is 4.74 Å². The molecule has 33 heavy (non-hydrogen) atoms. The number of carbonyl (C=O) groups is 1. The van der Waals surface area contributed by atoms with E-state index in [1.807, 2.05) is 44.2 Å². The van der Waals surface area contributed by atoms with E-state index in [1.165, 1.54) is 10.8 Å². The monoisotopic (exact) mass is 435 g/mol. The highest BCUT2D eigenvalue weighted by atomic mass is 16.5. The van der Waals surface area contributed by atoms with Crippen LogP contribution in [0.1, 0.15) is 16.7 Å².